The molecule has 26 heavy (non-hydrogen) atoms. The fraction of sp³-hybridized carbons (Fsp3) is 0.650. The van der Waals surface area contributed by atoms with Gasteiger partial charge in [0.15, 0.2) is 0 Å². The van der Waals surface area contributed by atoms with Crippen LogP contribution < -0.4 is 5.32 Å². The van der Waals surface area contributed by atoms with Gasteiger partial charge in [-0.25, -0.2) is 8.42 Å². The molecule has 5 nitrogen and oxygen atoms in total. The molecule has 2 saturated carbocycles. The Bertz CT molecular complexity index is 765. The normalized spacial score (nSPS) is 32.7. The van der Waals surface area contributed by atoms with Crippen molar-refractivity contribution < 1.29 is 13.2 Å². The van der Waals surface area contributed by atoms with Crippen LogP contribution in [0.1, 0.15) is 45.4 Å². The van der Waals surface area contributed by atoms with E-state index < -0.39 is 16.1 Å². The lowest BCUT2D eigenvalue weighted by atomic mass is 9.84. The number of fused-ring (bicyclic) bond motifs is 2. The minimum absolute atomic E-state index is 0.125. The van der Waals surface area contributed by atoms with E-state index in [9.17, 15) is 13.2 Å². The zero-order valence-electron chi connectivity index (χ0n) is 15.3. The van der Waals surface area contributed by atoms with Crippen LogP contribution in [0.5, 0.6) is 0 Å². The van der Waals surface area contributed by atoms with Crippen molar-refractivity contribution in [1.29, 1.82) is 0 Å². The second-order valence-electron chi connectivity index (χ2n) is 8.22. The van der Waals surface area contributed by atoms with Crippen LogP contribution in [0.4, 0.5) is 0 Å². The Kier molecular flexibility index (Phi) is 4.82. The van der Waals surface area contributed by atoms with Crippen molar-refractivity contribution in [3.63, 3.8) is 0 Å². The van der Waals surface area contributed by atoms with Crippen molar-refractivity contribution >= 4 is 15.9 Å². The molecule has 1 aromatic carbocycles. The summed E-state index contributed by atoms with van der Waals surface area (Å²) in [5.74, 6) is 2.00. The molecular formula is C20H28N2O3S. The Hall–Kier alpha value is -1.40. The van der Waals surface area contributed by atoms with Crippen LogP contribution in [-0.4, -0.2) is 37.3 Å². The maximum atomic E-state index is 12.9. The van der Waals surface area contributed by atoms with Crippen molar-refractivity contribution in [2.75, 3.05) is 6.54 Å². The first-order chi connectivity index (χ1) is 12.5. The smallest absolute Gasteiger partial charge is 0.243 e. The average molecular weight is 377 g/mol. The van der Waals surface area contributed by atoms with Gasteiger partial charge in [-0.15, -0.1) is 0 Å². The van der Waals surface area contributed by atoms with Crippen LogP contribution in [0.25, 0.3) is 0 Å². The summed E-state index contributed by atoms with van der Waals surface area (Å²) < 4.78 is 27.3. The SMILES string of the molecule is CC(NC(=O)C1CCCN1S(=O)(=O)c1ccccc1)C1CC2CCC1C2. The average Bonchev–Trinajstić information content (AvgIpc) is 3.38. The van der Waals surface area contributed by atoms with Gasteiger partial charge in [0.05, 0.1) is 4.90 Å². The molecule has 1 aromatic rings. The molecule has 1 N–H and O–H groups in total. The molecule has 142 valence electrons. The van der Waals surface area contributed by atoms with Gasteiger partial charge in [-0.05, 0) is 68.9 Å². The highest BCUT2D eigenvalue weighted by Gasteiger charge is 2.44. The Morgan fingerprint density at radius 2 is 1.92 bits per heavy atom. The van der Waals surface area contributed by atoms with E-state index in [0.29, 0.717) is 18.9 Å². The van der Waals surface area contributed by atoms with E-state index >= 15 is 0 Å². The third-order valence-corrected chi connectivity index (χ3v) is 8.58. The van der Waals surface area contributed by atoms with E-state index in [4.69, 9.17) is 0 Å². The topological polar surface area (TPSA) is 66.5 Å². The predicted octanol–water partition coefficient (Wildman–Crippen LogP) is 2.78. The predicted molar refractivity (Wildman–Crippen MR) is 99.9 cm³/mol. The fourth-order valence-electron chi connectivity index (χ4n) is 5.35. The van der Waals surface area contributed by atoms with Crippen LogP contribution in [0.2, 0.25) is 0 Å². The Morgan fingerprint density at radius 3 is 2.58 bits per heavy atom. The highest BCUT2D eigenvalue weighted by molar-refractivity contribution is 7.89. The van der Waals surface area contributed by atoms with Gasteiger partial charge in [-0.3, -0.25) is 4.79 Å². The molecule has 0 radical (unpaired) electrons. The lowest BCUT2D eigenvalue weighted by Gasteiger charge is -2.31. The molecule has 5 atom stereocenters. The summed E-state index contributed by atoms with van der Waals surface area (Å²) in [7, 11) is -3.62. The Morgan fingerprint density at radius 1 is 1.15 bits per heavy atom. The number of hydrogen-bond donors (Lipinski definition) is 1. The second kappa shape index (κ2) is 6.97. The van der Waals surface area contributed by atoms with Crippen LogP contribution in [0, 0.1) is 17.8 Å². The molecule has 1 heterocycles. The first-order valence-electron chi connectivity index (χ1n) is 9.84. The lowest BCUT2D eigenvalue weighted by molar-refractivity contribution is -0.125. The molecule has 1 amide bonds. The molecule has 2 aliphatic carbocycles. The largest absolute Gasteiger partial charge is 0.352 e. The van der Waals surface area contributed by atoms with E-state index in [1.54, 1.807) is 30.3 Å². The van der Waals surface area contributed by atoms with Crippen molar-refractivity contribution in [3.05, 3.63) is 30.3 Å². The summed E-state index contributed by atoms with van der Waals surface area (Å²) >= 11 is 0. The van der Waals surface area contributed by atoms with Gasteiger partial charge < -0.3 is 5.32 Å². The van der Waals surface area contributed by atoms with Crippen LogP contribution in [0.3, 0.4) is 0 Å². The van der Waals surface area contributed by atoms with E-state index in [1.165, 1.54) is 30.0 Å². The third-order valence-electron chi connectivity index (χ3n) is 6.66. The molecule has 1 aliphatic heterocycles. The molecule has 2 bridgehead atoms. The molecule has 4 rings (SSSR count). The first kappa shape index (κ1) is 18.0. The van der Waals surface area contributed by atoms with Crippen LogP contribution >= 0.6 is 0 Å². The van der Waals surface area contributed by atoms with Gasteiger partial charge in [-0.1, -0.05) is 24.6 Å². The van der Waals surface area contributed by atoms with E-state index in [2.05, 4.69) is 12.2 Å². The van der Waals surface area contributed by atoms with Gasteiger partial charge in [0.1, 0.15) is 6.04 Å². The minimum atomic E-state index is -3.62. The highest BCUT2D eigenvalue weighted by atomic mass is 32.2. The van der Waals surface area contributed by atoms with Crippen LogP contribution in [0.15, 0.2) is 35.2 Å². The van der Waals surface area contributed by atoms with Gasteiger partial charge in [-0.2, -0.15) is 4.31 Å². The number of rotatable bonds is 5. The number of sulfonamides is 1. The molecule has 0 aromatic heterocycles. The van der Waals surface area contributed by atoms with Crippen LogP contribution in [-0.2, 0) is 14.8 Å². The quantitative estimate of drug-likeness (QED) is 0.859. The molecule has 0 spiro atoms. The zero-order chi connectivity index (χ0) is 18.3. The number of amides is 1. The van der Waals surface area contributed by atoms with E-state index in [0.717, 1.165) is 18.3 Å². The maximum absolute atomic E-state index is 12.9. The van der Waals surface area contributed by atoms with Gasteiger partial charge in [0, 0.05) is 12.6 Å². The van der Waals surface area contributed by atoms with E-state index in [-0.39, 0.29) is 16.8 Å². The second-order valence-corrected chi connectivity index (χ2v) is 10.1. The number of nitrogens with one attached hydrogen (secondary N) is 1. The number of hydrogen-bond acceptors (Lipinski definition) is 3. The first-order valence-corrected chi connectivity index (χ1v) is 11.3. The van der Waals surface area contributed by atoms with Crippen molar-refractivity contribution in [2.24, 2.45) is 17.8 Å². The Labute approximate surface area is 156 Å². The molecule has 5 unspecified atom stereocenters. The maximum Gasteiger partial charge on any atom is 0.243 e. The summed E-state index contributed by atoms with van der Waals surface area (Å²) in [5.41, 5.74) is 0. The molecule has 3 fully saturated rings. The third kappa shape index (κ3) is 3.18. The lowest BCUT2D eigenvalue weighted by Crippen LogP contribution is -2.50. The summed E-state index contributed by atoms with van der Waals surface area (Å²) in [6.07, 6.45) is 6.47. The summed E-state index contributed by atoms with van der Waals surface area (Å²) in [4.78, 5) is 13.2. The standard InChI is InChI=1S/C20H28N2O3S/c1-14(18-13-15-9-10-16(18)12-15)21-20(23)19-8-5-11-22(19)26(24,25)17-6-3-2-4-7-17/h2-4,6-7,14-16,18-19H,5,8-13H2,1H3,(H,21,23). The monoisotopic (exact) mass is 376 g/mol. The minimum Gasteiger partial charge on any atom is -0.352 e. The number of nitrogens with zero attached hydrogens (tertiary/aromatic N) is 1. The number of carbonyl (C=O) groups is 1. The van der Waals surface area contributed by atoms with Gasteiger partial charge >= 0.3 is 0 Å². The summed E-state index contributed by atoms with van der Waals surface area (Å²) in [5, 5.41) is 3.16. The van der Waals surface area contributed by atoms with Crippen molar-refractivity contribution in [3.8, 4) is 0 Å². The Balaban J connectivity index is 1.45. The molecule has 6 heteroatoms. The van der Waals surface area contributed by atoms with Gasteiger partial charge in [0.2, 0.25) is 15.9 Å². The number of carbonyl (C=O) groups excluding carboxylic acids is 1. The van der Waals surface area contributed by atoms with Crippen molar-refractivity contribution in [1.82, 2.24) is 9.62 Å². The molecule has 3 aliphatic rings. The molecular weight excluding hydrogens is 348 g/mol. The van der Waals surface area contributed by atoms with Gasteiger partial charge in [0.25, 0.3) is 0 Å². The zero-order valence-corrected chi connectivity index (χ0v) is 16.1. The van der Waals surface area contributed by atoms with E-state index in [1.807, 2.05) is 0 Å². The summed E-state index contributed by atoms with van der Waals surface area (Å²) in [6, 6.07) is 7.97. The number of benzene rings is 1. The van der Waals surface area contributed by atoms with Crippen molar-refractivity contribution in [2.45, 2.75) is 62.4 Å². The summed E-state index contributed by atoms with van der Waals surface area (Å²) in [6.45, 7) is 2.51. The fourth-order valence-corrected chi connectivity index (χ4v) is 7.03. The molecule has 1 saturated heterocycles. The highest BCUT2D eigenvalue weighted by Crippen LogP contribution is 2.49.